The molecule has 0 amide bonds. The van der Waals surface area contributed by atoms with E-state index in [1.807, 2.05) is 30.3 Å². The first kappa shape index (κ1) is 20.4. The van der Waals surface area contributed by atoms with E-state index in [0.29, 0.717) is 17.3 Å². The van der Waals surface area contributed by atoms with Crippen molar-refractivity contribution in [3.05, 3.63) is 87.2 Å². The predicted octanol–water partition coefficient (Wildman–Crippen LogP) is 3.97. The molecule has 148 valence electrons. The number of esters is 1. The van der Waals surface area contributed by atoms with Crippen molar-refractivity contribution in [2.45, 2.75) is 26.2 Å². The maximum atomic E-state index is 12.5. The number of nitrogens with two attached hydrogens (primary N) is 1. The number of benzene rings is 1. The number of nitriles is 1. The zero-order chi connectivity index (χ0) is 21.0. The molecule has 7 heteroatoms. The number of pyridine rings is 1. The van der Waals surface area contributed by atoms with Crippen molar-refractivity contribution in [2.24, 2.45) is 5.73 Å². The predicted molar refractivity (Wildman–Crippen MR) is 108 cm³/mol. The summed E-state index contributed by atoms with van der Waals surface area (Å²) < 4.78 is 10.6. The summed E-state index contributed by atoms with van der Waals surface area (Å²) in [5.41, 5.74) is 9.23. The summed E-state index contributed by atoms with van der Waals surface area (Å²) in [4.78, 5) is 16.6. The highest BCUT2D eigenvalue weighted by atomic mass is 35.5. The summed E-state index contributed by atoms with van der Waals surface area (Å²) >= 11 is 5.83. The maximum Gasteiger partial charge on any atom is 0.338 e. The number of rotatable bonds is 5. The third kappa shape index (κ3) is 4.41. The molecule has 0 saturated heterocycles. The topological polar surface area (TPSA) is 98.2 Å². The normalized spacial score (nSPS) is 16.3. The van der Waals surface area contributed by atoms with Crippen LogP contribution in [0.3, 0.4) is 0 Å². The van der Waals surface area contributed by atoms with Crippen molar-refractivity contribution >= 4 is 17.6 Å². The van der Waals surface area contributed by atoms with Crippen LogP contribution in [0.5, 0.6) is 0 Å². The van der Waals surface area contributed by atoms with Crippen molar-refractivity contribution < 1.29 is 14.3 Å². The Morgan fingerprint density at radius 1 is 1.28 bits per heavy atom. The molecule has 2 heterocycles. The van der Waals surface area contributed by atoms with E-state index in [2.05, 4.69) is 11.1 Å². The lowest BCUT2D eigenvalue weighted by Crippen LogP contribution is -2.25. The van der Waals surface area contributed by atoms with E-state index in [-0.39, 0.29) is 23.6 Å². The SMILES string of the molecule is CCOC(=O)C1=C(C)OC(N)=C(C#N)C1c1ccc(Cc2ccc(Cl)nc2)cc1. The first-order chi connectivity index (χ1) is 13.9. The lowest BCUT2D eigenvalue weighted by atomic mass is 9.82. The third-order valence-electron chi connectivity index (χ3n) is 4.61. The summed E-state index contributed by atoms with van der Waals surface area (Å²) in [5.74, 6) is -0.828. The van der Waals surface area contributed by atoms with Crippen LogP contribution >= 0.6 is 11.6 Å². The van der Waals surface area contributed by atoms with Gasteiger partial charge in [-0.1, -0.05) is 41.9 Å². The van der Waals surface area contributed by atoms with Crippen LogP contribution in [0.15, 0.2) is 65.4 Å². The molecule has 1 aliphatic heterocycles. The van der Waals surface area contributed by atoms with E-state index in [0.717, 1.165) is 16.7 Å². The molecule has 1 unspecified atom stereocenters. The number of hydrogen-bond donors (Lipinski definition) is 1. The number of carbonyl (C=O) groups excluding carboxylic acids is 1. The lowest BCUT2D eigenvalue weighted by Gasteiger charge is -2.27. The molecule has 0 spiro atoms. The molecule has 0 radical (unpaired) electrons. The van der Waals surface area contributed by atoms with E-state index in [4.69, 9.17) is 26.8 Å². The zero-order valence-electron chi connectivity index (χ0n) is 16.1. The van der Waals surface area contributed by atoms with Gasteiger partial charge in [-0.2, -0.15) is 5.26 Å². The summed E-state index contributed by atoms with van der Waals surface area (Å²) in [6.07, 6.45) is 2.41. The molecule has 1 atom stereocenters. The molecular weight excluding hydrogens is 390 g/mol. The second-order valence-electron chi connectivity index (χ2n) is 6.52. The fourth-order valence-corrected chi connectivity index (χ4v) is 3.37. The van der Waals surface area contributed by atoms with Gasteiger partial charge in [0.05, 0.1) is 18.1 Å². The standard InChI is InChI=1S/C22H20ClN3O3/c1-3-28-22(27)19-13(2)29-21(25)17(11-24)20(19)16-7-4-14(5-8-16)10-15-6-9-18(23)26-12-15/h4-9,12,20H,3,10,25H2,1-2H3. The highest BCUT2D eigenvalue weighted by Crippen LogP contribution is 2.39. The Kier molecular flexibility index (Phi) is 6.20. The molecule has 0 saturated carbocycles. The smallest absolute Gasteiger partial charge is 0.338 e. The maximum absolute atomic E-state index is 12.5. The summed E-state index contributed by atoms with van der Waals surface area (Å²) in [7, 11) is 0. The summed E-state index contributed by atoms with van der Waals surface area (Å²) in [5, 5.41) is 10.1. The van der Waals surface area contributed by atoms with Crippen LogP contribution in [0, 0.1) is 11.3 Å². The van der Waals surface area contributed by atoms with Crippen LogP contribution in [-0.4, -0.2) is 17.6 Å². The van der Waals surface area contributed by atoms with Gasteiger partial charge in [-0.25, -0.2) is 9.78 Å². The molecule has 29 heavy (non-hydrogen) atoms. The van der Waals surface area contributed by atoms with Crippen molar-refractivity contribution in [3.63, 3.8) is 0 Å². The number of allylic oxidation sites excluding steroid dienone is 2. The quantitative estimate of drug-likeness (QED) is 0.592. The molecule has 3 rings (SSSR count). The largest absolute Gasteiger partial charge is 0.463 e. The van der Waals surface area contributed by atoms with Crippen LogP contribution in [-0.2, 0) is 20.7 Å². The molecule has 1 aromatic carbocycles. The Morgan fingerprint density at radius 3 is 2.55 bits per heavy atom. The van der Waals surface area contributed by atoms with Gasteiger partial charge in [0.25, 0.3) is 0 Å². The Hall–Kier alpha value is -3.30. The molecule has 0 fully saturated rings. The Labute approximate surface area is 174 Å². The molecule has 0 bridgehead atoms. The van der Waals surface area contributed by atoms with E-state index in [9.17, 15) is 10.1 Å². The fraction of sp³-hybridized carbons (Fsp3) is 0.227. The zero-order valence-corrected chi connectivity index (χ0v) is 16.9. The van der Waals surface area contributed by atoms with Crippen LogP contribution in [0.2, 0.25) is 5.15 Å². The number of hydrogen-bond acceptors (Lipinski definition) is 6. The van der Waals surface area contributed by atoms with Gasteiger partial charge in [0.1, 0.15) is 22.6 Å². The molecule has 2 aromatic rings. The van der Waals surface area contributed by atoms with E-state index in [1.54, 1.807) is 26.1 Å². The van der Waals surface area contributed by atoms with Crippen LogP contribution < -0.4 is 5.73 Å². The third-order valence-corrected chi connectivity index (χ3v) is 4.83. The van der Waals surface area contributed by atoms with Gasteiger partial charge < -0.3 is 15.2 Å². The van der Waals surface area contributed by atoms with Crippen LogP contribution in [0.25, 0.3) is 0 Å². The second-order valence-corrected chi connectivity index (χ2v) is 6.91. The minimum atomic E-state index is -0.640. The molecule has 1 aliphatic rings. The first-order valence-corrected chi connectivity index (χ1v) is 9.47. The Balaban J connectivity index is 1.94. The first-order valence-electron chi connectivity index (χ1n) is 9.09. The van der Waals surface area contributed by atoms with E-state index in [1.165, 1.54) is 0 Å². The van der Waals surface area contributed by atoms with Crippen LogP contribution in [0.4, 0.5) is 0 Å². The average Bonchev–Trinajstić information content (AvgIpc) is 2.70. The highest BCUT2D eigenvalue weighted by Gasteiger charge is 2.36. The Morgan fingerprint density at radius 2 is 1.97 bits per heavy atom. The van der Waals surface area contributed by atoms with Crippen molar-refractivity contribution in [1.82, 2.24) is 4.98 Å². The van der Waals surface area contributed by atoms with E-state index < -0.39 is 11.9 Å². The molecule has 6 nitrogen and oxygen atoms in total. The minimum absolute atomic E-state index is 0.000589. The lowest BCUT2D eigenvalue weighted by molar-refractivity contribution is -0.139. The van der Waals surface area contributed by atoms with Gasteiger partial charge in [0, 0.05) is 6.20 Å². The van der Waals surface area contributed by atoms with Gasteiger partial charge in [0.15, 0.2) is 0 Å². The number of carbonyl (C=O) groups is 1. The van der Waals surface area contributed by atoms with Crippen LogP contribution in [0.1, 0.15) is 36.5 Å². The molecular formula is C22H20ClN3O3. The van der Waals surface area contributed by atoms with Gasteiger partial charge in [-0.05, 0) is 43.0 Å². The van der Waals surface area contributed by atoms with Crippen molar-refractivity contribution in [2.75, 3.05) is 6.61 Å². The monoisotopic (exact) mass is 409 g/mol. The Bertz CT molecular complexity index is 1020. The van der Waals surface area contributed by atoms with Crippen molar-refractivity contribution in [3.8, 4) is 6.07 Å². The molecule has 1 aromatic heterocycles. The molecule has 2 N–H and O–H groups in total. The molecule has 0 aliphatic carbocycles. The van der Waals surface area contributed by atoms with Crippen molar-refractivity contribution in [1.29, 1.82) is 5.26 Å². The average molecular weight is 410 g/mol. The number of nitrogens with zero attached hydrogens (tertiary/aromatic N) is 2. The number of halogens is 1. The van der Waals surface area contributed by atoms with Gasteiger partial charge >= 0.3 is 5.97 Å². The second kappa shape index (κ2) is 8.80. The summed E-state index contributed by atoms with van der Waals surface area (Å²) in [6, 6.07) is 13.4. The minimum Gasteiger partial charge on any atom is -0.463 e. The summed E-state index contributed by atoms with van der Waals surface area (Å²) in [6.45, 7) is 3.59. The number of ether oxygens (including phenoxy) is 2. The fourth-order valence-electron chi connectivity index (χ4n) is 3.26. The number of aromatic nitrogens is 1. The van der Waals surface area contributed by atoms with Gasteiger partial charge in [-0.3, -0.25) is 0 Å². The van der Waals surface area contributed by atoms with Gasteiger partial charge in [0.2, 0.25) is 5.88 Å². The van der Waals surface area contributed by atoms with Gasteiger partial charge in [-0.15, -0.1) is 0 Å². The highest BCUT2D eigenvalue weighted by molar-refractivity contribution is 6.29. The van der Waals surface area contributed by atoms with E-state index >= 15 is 0 Å².